The second kappa shape index (κ2) is 5.10. The van der Waals surface area contributed by atoms with E-state index in [4.69, 9.17) is 5.11 Å². The van der Waals surface area contributed by atoms with Crippen LogP contribution >= 0.6 is 0 Å². The Bertz CT molecular complexity index is 39.7. The van der Waals surface area contributed by atoms with Crippen molar-refractivity contribution < 1.29 is 5.11 Å². The van der Waals surface area contributed by atoms with E-state index in [-0.39, 0.29) is 0 Å². The molecule has 0 aromatic rings. The zero-order valence-corrected chi connectivity index (χ0v) is 5.85. The van der Waals surface area contributed by atoms with Crippen LogP contribution in [0.2, 0.25) is 0 Å². The number of hydrogen-bond acceptors (Lipinski definition) is 1. The van der Waals surface area contributed by atoms with Crippen molar-refractivity contribution in [1.29, 1.82) is 0 Å². The SMILES string of the molecule is CCC[C@@H](CC)CO. The first-order valence-electron chi connectivity index (χ1n) is 3.46. The maximum atomic E-state index is 8.66. The zero-order valence-electron chi connectivity index (χ0n) is 5.85. The Kier molecular flexibility index (Phi) is 5.08. The molecule has 0 aromatic heterocycles. The van der Waals surface area contributed by atoms with Gasteiger partial charge in [-0.1, -0.05) is 26.7 Å². The molecular formula is C7H16O. The molecule has 0 aromatic carbocycles. The first-order valence-corrected chi connectivity index (χ1v) is 3.46. The number of hydrogen-bond donors (Lipinski definition) is 1. The standard InChI is InChI=1S/C7H16O/c1-3-5-7(4-2)6-8/h7-8H,3-6H2,1-2H3/t7-/m1/s1. The van der Waals surface area contributed by atoms with Crippen molar-refractivity contribution in [3.8, 4) is 0 Å². The van der Waals surface area contributed by atoms with Crippen molar-refractivity contribution >= 4 is 0 Å². The van der Waals surface area contributed by atoms with Crippen LogP contribution in [0.15, 0.2) is 0 Å². The van der Waals surface area contributed by atoms with Gasteiger partial charge < -0.3 is 5.11 Å². The van der Waals surface area contributed by atoms with Crippen LogP contribution in [0.5, 0.6) is 0 Å². The highest BCUT2D eigenvalue weighted by molar-refractivity contribution is 4.51. The summed E-state index contributed by atoms with van der Waals surface area (Å²) in [5, 5.41) is 8.66. The lowest BCUT2D eigenvalue weighted by Gasteiger charge is -2.07. The topological polar surface area (TPSA) is 20.2 Å². The van der Waals surface area contributed by atoms with Crippen molar-refractivity contribution in [2.24, 2.45) is 5.92 Å². The minimum absolute atomic E-state index is 0.365. The second-order valence-electron chi connectivity index (χ2n) is 2.25. The largest absolute Gasteiger partial charge is 0.396 e. The Morgan fingerprint density at radius 1 is 1.38 bits per heavy atom. The van der Waals surface area contributed by atoms with Crippen molar-refractivity contribution in [3.05, 3.63) is 0 Å². The van der Waals surface area contributed by atoms with Crippen LogP contribution in [0.4, 0.5) is 0 Å². The minimum Gasteiger partial charge on any atom is -0.396 e. The summed E-state index contributed by atoms with van der Waals surface area (Å²) in [6, 6.07) is 0. The molecule has 8 heavy (non-hydrogen) atoms. The number of rotatable bonds is 4. The highest BCUT2D eigenvalue weighted by atomic mass is 16.3. The molecule has 0 bridgehead atoms. The summed E-state index contributed by atoms with van der Waals surface area (Å²) in [7, 11) is 0. The van der Waals surface area contributed by atoms with Gasteiger partial charge >= 0.3 is 0 Å². The van der Waals surface area contributed by atoms with Crippen LogP contribution in [0.1, 0.15) is 33.1 Å². The summed E-state index contributed by atoms with van der Waals surface area (Å²) in [5.74, 6) is 0.556. The van der Waals surface area contributed by atoms with Crippen LogP contribution in [-0.2, 0) is 0 Å². The van der Waals surface area contributed by atoms with Crippen LogP contribution in [0.3, 0.4) is 0 Å². The first-order chi connectivity index (χ1) is 3.85. The van der Waals surface area contributed by atoms with Crippen molar-refractivity contribution in [1.82, 2.24) is 0 Å². The van der Waals surface area contributed by atoms with Crippen LogP contribution in [-0.4, -0.2) is 11.7 Å². The zero-order chi connectivity index (χ0) is 6.41. The summed E-state index contributed by atoms with van der Waals surface area (Å²) >= 11 is 0. The molecule has 50 valence electrons. The molecule has 1 atom stereocenters. The maximum Gasteiger partial charge on any atom is 0.0459 e. The minimum atomic E-state index is 0.365. The lowest BCUT2D eigenvalue weighted by Crippen LogP contribution is -2.02. The van der Waals surface area contributed by atoms with E-state index < -0.39 is 0 Å². The molecular weight excluding hydrogens is 100 g/mol. The van der Waals surface area contributed by atoms with Gasteiger partial charge in [-0.2, -0.15) is 0 Å². The van der Waals surface area contributed by atoms with Gasteiger partial charge in [-0.15, -0.1) is 0 Å². The molecule has 0 amide bonds. The fourth-order valence-corrected chi connectivity index (χ4v) is 0.833. The highest BCUT2D eigenvalue weighted by Gasteiger charge is 2.00. The van der Waals surface area contributed by atoms with Gasteiger partial charge in [0.15, 0.2) is 0 Å². The van der Waals surface area contributed by atoms with Crippen molar-refractivity contribution in [2.45, 2.75) is 33.1 Å². The summed E-state index contributed by atoms with van der Waals surface area (Å²) < 4.78 is 0. The normalized spacial score (nSPS) is 13.9. The van der Waals surface area contributed by atoms with Crippen molar-refractivity contribution in [3.63, 3.8) is 0 Å². The highest BCUT2D eigenvalue weighted by Crippen LogP contribution is 2.08. The van der Waals surface area contributed by atoms with Gasteiger partial charge in [0.05, 0.1) is 0 Å². The van der Waals surface area contributed by atoms with Crippen LogP contribution in [0, 0.1) is 5.92 Å². The maximum absolute atomic E-state index is 8.66. The molecule has 1 heteroatoms. The van der Waals surface area contributed by atoms with Gasteiger partial charge in [0.25, 0.3) is 0 Å². The van der Waals surface area contributed by atoms with Gasteiger partial charge in [0.2, 0.25) is 0 Å². The Labute approximate surface area is 51.7 Å². The summed E-state index contributed by atoms with van der Waals surface area (Å²) in [6.45, 7) is 4.64. The van der Waals surface area contributed by atoms with E-state index in [1.54, 1.807) is 0 Å². The number of aliphatic hydroxyl groups is 1. The quantitative estimate of drug-likeness (QED) is 0.594. The third-order valence-corrected chi connectivity index (χ3v) is 1.53. The van der Waals surface area contributed by atoms with Gasteiger partial charge in [-0.25, -0.2) is 0 Å². The van der Waals surface area contributed by atoms with Gasteiger partial charge in [-0.05, 0) is 12.3 Å². The molecule has 0 aliphatic carbocycles. The molecule has 0 rings (SSSR count). The van der Waals surface area contributed by atoms with Gasteiger partial charge in [0, 0.05) is 6.61 Å². The predicted molar refractivity (Wildman–Crippen MR) is 35.8 cm³/mol. The Balaban J connectivity index is 3.07. The summed E-state index contributed by atoms with van der Waals surface area (Å²) in [6.07, 6.45) is 3.48. The van der Waals surface area contributed by atoms with E-state index in [0.717, 1.165) is 6.42 Å². The first kappa shape index (κ1) is 7.96. The number of aliphatic hydroxyl groups excluding tert-OH is 1. The van der Waals surface area contributed by atoms with Crippen LogP contribution < -0.4 is 0 Å². The monoisotopic (exact) mass is 116 g/mol. The van der Waals surface area contributed by atoms with Gasteiger partial charge in [-0.3, -0.25) is 0 Å². The predicted octanol–water partition coefficient (Wildman–Crippen LogP) is 1.81. The molecule has 0 saturated heterocycles. The smallest absolute Gasteiger partial charge is 0.0459 e. The molecule has 0 heterocycles. The molecule has 0 radical (unpaired) electrons. The average molecular weight is 116 g/mol. The summed E-state index contributed by atoms with van der Waals surface area (Å²) in [4.78, 5) is 0. The Morgan fingerprint density at radius 2 is 2.00 bits per heavy atom. The lowest BCUT2D eigenvalue weighted by atomic mass is 10.0. The third kappa shape index (κ3) is 3.03. The molecule has 0 unspecified atom stereocenters. The molecule has 1 N–H and O–H groups in total. The fraction of sp³-hybridized carbons (Fsp3) is 1.00. The average Bonchev–Trinajstić information content (AvgIpc) is 1.83. The fourth-order valence-electron chi connectivity index (χ4n) is 0.833. The molecule has 0 spiro atoms. The molecule has 0 fully saturated rings. The van der Waals surface area contributed by atoms with Crippen molar-refractivity contribution in [2.75, 3.05) is 6.61 Å². The van der Waals surface area contributed by atoms with E-state index in [2.05, 4.69) is 13.8 Å². The Morgan fingerprint density at radius 3 is 2.12 bits per heavy atom. The molecule has 0 saturated carbocycles. The second-order valence-corrected chi connectivity index (χ2v) is 2.25. The van der Waals surface area contributed by atoms with E-state index in [1.807, 2.05) is 0 Å². The van der Waals surface area contributed by atoms with E-state index in [1.165, 1.54) is 12.8 Å². The van der Waals surface area contributed by atoms with Crippen LogP contribution in [0.25, 0.3) is 0 Å². The third-order valence-electron chi connectivity index (χ3n) is 1.53. The van der Waals surface area contributed by atoms with E-state index >= 15 is 0 Å². The lowest BCUT2D eigenvalue weighted by molar-refractivity contribution is 0.214. The van der Waals surface area contributed by atoms with E-state index in [0.29, 0.717) is 12.5 Å². The van der Waals surface area contributed by atoms with Gasteiger partial charge in [0.1, 0.15) is 0 Å². The van der Waals surface area contributed by atoms with E-state index in [9.17, 15) is 0 Å². The molecule has 0 aliphatic heterocycles. The molecule has 0 aliphatic rings. The molecule has 1 nitrogen and oxygen atoms in total. The summed E-state index contributed by atoms with van der Waals surface area (Å²) in [5.41, 5.74) is 0. The Hall–Kier alpha value is -0.0400.